The number of aromatic nitrogens is 2. The summed E-state index contributed by atoms with van der Waals surface area (Å²) in [6.07, 6.45) is 7.66. The topological polar surface area (TPSA) is 67.2 Å². The van der Waals surface area contributed by atoms with Gasteiger partial charge in [-0.3, -0.25) is 9.59 Å². The van der Waals surface area contributed by atoms with Crippen LogP contribution in [0.25, 0.3) is 5.69 Å². The lowest BCUT2D eigenvalue weighted by Gasteiger charge is -2.24. The molecule has 6 heteroatoms. The van der Waals surface area contributed by atoms with E-state index in [1.165, 1.54) is 16.8 Å². The standard InChI is InChI=1S/C23H30N4O2/c1-16-10-11-18(14-17(16)2)27-21-7-3-6-20(19(21)15-24-27)25-22(28)8-4-12-26-13-5-9-23(26)29/h10-11,14-15,20H,3-9,12-13H2,1-2H3,(H,25,28)/t20-/m1/s1. The zero-order chi connectivity index (χ0) is 20.4. The van der Waals surface area contributed by atoms with Gasteiger partial charge in [0, 0.05) is 37.2 Å². The van der Waals surface area contributed by atoms with Crippen LogP contribution < -0.4 is 5.32 Å². The van der Waals surface area contributed by atoms with E-state index in [2.05, 4.69) is 42.5 Å². The third-order valence-corrected chi connectivity index (χ3v) is 6.26. The van der Waals surface area contributed by atoms with Gasteiger partial charge in [-0.15, -0.1) is 0 Å². The summed E-state index contributed by atoms with van der Waals surface area (Å²) in [4.78, 5) is 26.0. The van der Waals surface area contributed by atoms with Crippen LogP contribution in [0.3, 0.4) is 0 Å². The molecule has 0 bridgehead atoms. The summed E-state index contributed by atoms with van der Waals surface area (Å²) in [5.74, 6) is 0.287. The molecule has 0 spiro atoms. The first-order valence-corrected chi connectivity index (χ1v) is 10.7. The molecule has 1 atom stereocenters. The summed E-state index contributed by atoms with van der Waals surface area (Å²) in [6, 6.07) is 6.44. The maximum Gasteiger partial charge on any atom is 0.222 e. The first kappa shape index (κ1) is 19.7. The highest BCUT2D eigenvalue weighted by Gasteiger charge is 2.26. The lowest BCUT2D eigenvalue weighted by Crippen LogP contribution is -2.32. The molecule has 6 nitrogen and oxygen atoms in total. The predicted molar refractivity (Wildman–Crippen MR) is 112 cm³/mol. The van der Waals surface area contributed by atoms with Crippen LogP contribution in [-0.2, 0) is 16.0 Å². The van der Waals surface area contributed by atoms with E-state index in [1.54, 1.807) is 0 Å². The second kappa shape index (κ2) is 8.39. The molecule has 2 heterocycles. The van der Waals surface area contributed by atoms with Gasteiger partial charge >= 0.3 is 0 Å². The molecule has 1 aromatic heterocycles. The Kier molecular flexibility index (Phi) is 5.69. The molecule has 1 saturated heterocycles. The Bertz CT molecular complexity index is 918. The van der Waals surface area contributed by atoms with Crippen LogP contribution in [-0.4, -0.2) is 39.6 Å². The summed E-state index contributed by atoms with van der Waals surface area (Å²) < 4.78 is 2.03. The Morgan fingerprint density at radius 3 is 2.83 bits per heavy atom. The number of carbonyl (C=O) groups is 2. The molecule has 1 aromatic carbocycles. The van der Waals surface area contributed by atoms with Crippen molar-refractivity contribution in [3.05, 3.63) is 46.8 Å². The highest BCUT2D eigenvalue weighted by molar-refractivity contribution is 5.78. The molecule has 1 aliphatic carbocycles. The number of hydrogen-bond donors (Lipinski definition) is 1. The van der Waals surface area contributed by atoms with Crippen molar-refractivity contribution in [1.82, 2.24) is 20.0 Å². The van der Waals surface area contributed by atoms with E-state index in [9.17, 15) is 9.59 Å². The molecule has 0 saturated carbocycles. The normalized spacial score (nSPS) is 18.8. The largest absolute Gasteiger partial charge is 0.349 e. The van der Waals surface area contributed by atoms with Crippen LogP contribution >= 0.6 is 0 Å². The maximum atomic E-state index is 12.5. The highest BCUT2D eigenvalue weighted by atomic mass is 16.2. The highest BCUT2D eigenvalue weighted by Crippen LogP contribution is 2.31. The van der Waals surface area contributed by atoms with Crippen LogP contribution in [0, 0.1) is 13.8 Å². The summed E-state index contributed by atoms with van der Waals surface area (Å²) in [5, 5.41) is 7.84. The van der Waals surface area contributed by atoms with Crippen molar-refractivity contribution >= 4 is 11.8 Å². The Labute approximate surface area is 172 Å². The van der Waals surface area contributed by atoms with E-state index in [4.69, 9.17) is 0 Å². The van der Waals surface area contributed by atoms with Crippen molar-refractivity contribution in [2.45, 2.75) is 64.8 Å². The van der Waals surface area contributed by atoms with Gasteiger partial charge in [-0.2, -0.15) is 5.10 Å². The molecule has 0 unspecified atom stereocenters. The molecule has 1 aliphatic heterocycles. The molecular weight excluding hydrogens is 364 g/mol. The third-order valence-electron chi connectivity index (χ3n) is 6.26. The first-order chi connectivity index (χ1) is 14.0. The van der Waals surface area contributed by atoms with Crippen molar-refractivity contribution in [1.29, 1.82) is 0 Å². The number of carbonyl (C=O) groups excluding carboxylic acids is 2. The minimum Gasteiger partial charge on any atom is -0.349 e. The van der Waals surface area contributed by atoms with Gasteiger partial charge in [-0.05, 0) is 69.2 Å². The van der Waals surface area contributed by atoms with E-state index in [-0.39, 0.29) is 17.9 Å². The van der Waals surface area contributed by atoms with Crippen LogP contribution in [0.1, 0.15) is 67.0 Å². The molecule has 29 heavy (non-hydrogen) atoms. The second-order valence-electron chi connectivity index (χ2n) is 8.33. The zero-order valence-corrected chi connectivity index (χ0v) is 17.4. The third kappa shape index (κ3) is 4.21. The number of amides is 2. The SMILES string of the molecule is Cc1ccc(-n2ncc3c2CCC[C@H]3NC(=O)CCCN2CCCC2=O)cc1C. The van der Waals surface area contributed by atoms with E-state index in [0.717, 1.165) is 49.9 Å². The number of hydrogen-bond acceptors (Lipinski definition) is 3. The molecule has 2 aromatic rings. The fraction of sp³-hybridized carbons (Fsp3) is 0.522. The molecule has 2 amide bonds. The molecule has 154 valence electrons. The fourth-order valence-electron chi connectivity index (χ4n) is 4.42. The first-order valence-electron chi connectivity index (χ1n) is 10.7. The monoisotopic (exact) mass is 394 g/mol. The molecule has 1 fully saturated rings. The molecule has 4 rings (SSSR count). The maximum absolute atomic E-state index is 12.5. The van der Waals surface area contributed by atoms with Crippen molar-refractivity contribution in [3.63, 3.8) is 0 Å². The van der Waals surface area contributed by atoms with Crippen LogP contribution in [0.4, 0.5) is 0 Å². The second-order valence-corrected chi connectivity index (χ2v) is 8.33. The van der Waals surface area contributed by atoms with Gasteiger partial charge in [0.2, 0.25) is 11.8 Å². The number of benzene rings is 1. The van der Waals surface area contributed by atoms with Crippen molar-refractivity contribution in [2.24, 2.45) is 0 Å². The molecule has 0 radical (unpaired) electrons. The van der Waals surface area contributed by atoms with Crippen LogP contribution in [0.15, 0.2) is 24.4 Å². The van der Waals surface area contributed by atoms with Crippen LogP contribution in [0.5, 0.6) is 0 Å². The number of likely N-dealkylation sites (tertiary alicyclic amines) is 1. The number of nitrogens with one attached hydrogen (secondary N) is 1. The minimum absolute atomic E-state index is 0.0277. The van der Waals surface area contributed by atoms with Crippen molar-refractivity contribution in [3.8, 4) is 5.69 Å². The summed E-state index contributed by atoms with van der Waals surface area (Å²) in [6.45, 7) is 5.76. The fourth-order valence-corrected chi connectivity index (χ4v) is 4.42. The minimum atomic E-state index is 0.0277. The van der Waals surface area contributed by atoms with Gasteiger partial charge in [0.25, 0.3) is 0 Å². The number of rotatable bonds is 6. The van der Waals surface area contributed by atoms with Crippen molar-refractivity contribution < 1.29 is 9.59 Å². The predicted octanol–water partition coefficient (Wildman–Crippen LogP) is 3.39. The van der Waals surface area contributed by atoms with Gasteiger partial charge in [0.1, 0.15) is 0 Å². The van der Waals surface area contributed by atoms with E-state index < -0.39 is 0 Å². The smallest absolute Gasteiger partial charge is 0.222 e. The quantitative estimate of drug-likeness (QED) is 0.817. The molecular formula is C23H30N4O2. The van der Waals surface area contributed by atoms with Crippen LogP contribution in [0.2, 0.25) is 0 Å². The molecule has 2 aliphatic rings. The van der Waals surface area contributed by atoms with E-state index >= 15 is 0 Å². The molecule has 1 N–H and O–H groups in total. The zero-order valence-electron chi connectivity index (χ0n) is 17.4. The lowest BCUT2D eigenvalue weighted by atomic mass is 9.92. The summed E-state index contributed by atoms with van der Waals surface area (Å²) in [5.41, 5.74) is 5.95. The van der Waals surface area contributed by atoms with Gasteiger partial charge in [0.05, 0.1) is 17.9 Å². The Morgan fingerprint density at radius 1 is 1.21 bits per heavy atom. The number of nitrogens with zero attached hydrogens (tertiary/aromatic N) is 3. The number of fused-ring (bicyclic) bond motifs is 1. The van der Waals surface area contributed by atoms with Gasteiger partial charge in [-0.25, -0.2) is 4.68 Å². The lowest BCUT2D eigenvalue weighted by molar-refractivity contribution is -0.128. The number of aryl methyl sites for hydroxylation is 2. The average molecular weight is 395 g/mol. The summed E-state index contributed by atoms with van der Waals surface area (Å²) >= 11 is 0. The van der Waals surface area contributed by atoms with Gasteiger partial charge in [-0.1, -0.05) is 6.07 Å². The van der Waals surface area contributed by atoms with Crippen molar-refractivity contribution in [2.75, 3.05) is 13.1 Å². The van der Waals surface area contributed by atoms with Gasteiger partial charge < -0.3 is 10.2 Å². The average Bonchev–Trinajstić information content (AvgIpc) is 3.31. The van der Waals surface area contributed by atoms with Gasteiger partial charge in [0.15, 0.2) is 0 Å². The van der Waals surface area contributed by atoms with E-state index in [0.29, 0.717) is 19.4 Å². The van der Waals surface area contributed by atoms with E-state index in [1.807, 2.05) is 15.8 Å². The Morgan fingerprint density at radius 2 is 2.07 bits per heavy atom. The Balaban J connectivity index is 1.39. The summed E-state index contributed by atoms with van der Waals surface area (Å²) in [7, 11) is 0. The Hall–Kier alpha value is -2.63.